The van der Waals surface area contributed by atoms with Gasteiger partial charge in [0, 0.05) is 10.7 Å². The zero-order valence-electron chi connectivity index (χ0n) is 9.75. The van der Waals surface area contributed by atoms with E-state index in [-0.39, 0.29) is 0 Å². The molecule has 2 aromatic heterocycles. The lowest BCUT2D eigenvalue weighted by atomic mass is 10.3. The van der Waals surface area contributed by atoms with Gasteiger partial charge in [-0.15, -0.1) is 0 Å². The molecule has 0 atom stereocenters. The topological polar surface area (TPSA) is 46.5 Å². The van der Waals surface area contributed by atoms with Crippen molar-refractivity contribution in [1.29, 1.82) is 0 Å². The van der Waals surface area contributed by atoms with Crippen molar-refractivity contribution in [2.24, 2.45) is 0 Å². The van der Waals surface area contributed by atoms with Gasteiger partial charge in [0.15, 0.2) is 10.6 Å². The maximum absolute atomic E-state index is 5.30. The second-order valence-electron chi connectivity index (χ2n) is 3.88. The summed E-state index contributed by atoms with van der Waals surface area (Å²) in [6, 6.07) is 13.6. The van der Waals surface area contributed by atoms with Gasteiger partial charge in [0.2, 0.25) is 0 Å². The van der Waals surface area contributed by atoms with E-state index in [2.05, 4.69) is 31.1 Å². The number of hydrogen-bond acceptors (Lipinski definition) is 3. The Labute approximate surface area is 123 Å². The number of pyridine rings is 1. The van der Waals surface area contributed by atoms with Crippen molar-refractivity contribution in [3.63, 3.8) is 0 Å². The maximum atomic E-state index is 5.30. The van der Waals surface area contributed by atoms with E-state index in [1.54, 1.807) is 6.20 Å². The van der Waals surface area contributed by atoms with Crippen molar-refractivity contribution in [1.82, 2.24) is 19.7 Å². The minimum Gasteiger partial charge on any atom is -0.267 e. The smallest absolute Gasteiger partial charge is 0.200 e. The Kier molecular flexibility index (Phi) is 3.27. The van der Waals surface area contributed by atoms with E-state index in [0.717, 1.165) is 15.9 Å². The summed E-state index contributed by atoms with van der Waals surface area (Å²) in [7, 11) is 0. The first-order chi connectivity index (χ1) is 9.25. The van der Waals surface area contributed by atoms with Crippen molar-refractivity contribution < 1.29 is 0 Å². The maximum Gasteiger partial charge on any atom is 0.200 e. The average molecular weight is 333 g/mol. The summed E-state index contributed by atoms with van der Waals surface area (Å²) in [5.41, 5.74) is 1.71. The SMILES string of the molecule is S=c1[nH]nc(-c2ccccn2)n1-c1cccc(Br)c1. The first-order valence-corrected chi connectivity index (χ1v) is 6.80. The van der Waals surface area contributed by atoms with E-state index in [9.17, 15) is 0 Å². The third-order valence-corrected chi connectivity index (χ3v) is 3.40. The van der Waals surface area contributed by atoms with Crippen molar-refractivity contribution in [3.05, 3.63) is 57.9 Å². The quantitative estimate of drug-likeness (QED) is 0.727. The fourth-order valence-corrected chi connectivity index (χ4v) is 2.44. The third-order valence-electron chi connectivity index (χ3n) is 2.63. The molecule has 0 aliphatic carbocycles. The number of hydrogen-bond donors (Lipinski definition) is 1. The van der Waals surface area contributed by atoms with Crippen LogP contribution in [0.4, 0.5) is 0 Å². The first kappa shape index (κ1) is 12.3. The Bertz CT molecular complexity index is 764. The van der Waals surface area contributed by atoms with Gasteiger partial charge >= 0.3 is 0 Å². The molecule has 0 spiro atoms. The van der Waals surface area contributed by atoms with Crippen LogP contribution < -0.4 is 0 Å². The lowest BCUT2D eigenvalue weighted by Gasteiger charge is -2.06. The lowest BCUT2D eigenvalue weighted by Crippen LogP contribution is -1.98. The van der Waals surface area contributed by atoms with Crippen molar-refractivity contribution >= 4 is 28.1 Å². The van der Waals surface area contributed by atoms with E-state index in [0.29, 0.717) is 10.6 Å². The van der Waals surface area contributed by atoms with Crippen LogP contribution in [0, 0.1) is 4.77 Å². The summed E-state index contributed by atoms with van der Waals surface area (Å²) in [6.45, 7) is 0. The number of halogens is 1. The highest BCUT2D eigenvalue weighted by atomic mass is 79.9. The molecule has 2 heterocycles. The van der Waals surface area contributed by atoms with Gasteiger partial charge in [0.05, 0.1) is 5.69 Å². The molecule has 1 aromatic carbocycles. The monoisotopic (exact) mass is 332 g/mol. The summed E-state index contributed by atoms with van der Waals surface area (Å²) in [5, 5.41) is 7.07. The summed E-state index contributed by atoms with van der Waals surface area (Å²) in [6.07, 6.45) is 1.73. The molecule has 0 unspecified atom stereocenters. The van der Waals surface area contributed by atoms with Crippen LogP contribution in [0.1, 0.15) is 0 Å². The molecule has 0 aliphatic rings. The van der Waals surface area contributed by atoms with Crippen molar-refractivity contribution in [2.45, 2.75) is 0 Å². The van der Waals surface area contributed by atoms with Gasteiger partial charge in [0.1, 0.15) is 5.69 Å². The average Bonchev–Trinajstić information content (AvgIpc) is 2.82. The Balaban J connectivity index is 2.23. The van der Waals surface area contributed by atoms with Crippen molar-refractivity contribution in [2.75, 3.05) is 0 Å². The van der Waals surface area contributed by atoms with Crippen LogP contribution in [-0.4, -0.2) is 19.7 Å². The molecule has 0 bridgehead atoms. The highest BCUT2D eigenvalue weighted by Gasteiger charge is 2.11. The molecular formula is C13H9BrN4S. The molecule has 6 heteroatoms. The molecule has 3 aromatic rings. The molecule has 0 amide bonds. The minimum atomic E-state index is 0.541. The van der Waals surface area contributed by atoms with Gasteiger partial charge in [-0.2, -0.15) is 5.10 Å². The molecule has 1 N–H and O–H groups in total. The van der Waals surface area contributed by atoms with Gasteiger partial charge in [-0.05, 0) is 42.5 Å². The number of nitrogens with one attached hydrogen (secondary N) is 1. The van der Waals surface area contributed by atoms with E-state index >= 15 is 0 Å². The third kappa shape index (κ3) is 2.36. The zero-order chi connectivity index (χ0) is 13.2. The Morgan fingerprint density at radius 2 is 2.05 bits per heavy atom. The summed E-state index contributed by atoms with van der Waals surface area (Å²) >= 11 is 8.76. The number of rotatable bonds is 2. The van der Waals surface area contributed by atoms with Gasteiger partial charge in [0.25, 0.3) is 0 Å². The molecule has 94 valence electrons. The Morgan fingerprint density at radius 1 is 1.16 bits per heavy atom. The number of nitrogens with zero attached hydrogens (tertiary/aromatic N) is 3. The fourth-order valence-electron chi connectivity index (χ4n) is 1.82. The van der Waals surface area contributed by atoms with Crippen LogP contribution in [0.3, 0.4) is 0 Å². The van der Waals surface area contributed by atoms with E-state index in [4.69, 9.17) is 12.2 Å². The highest BCUT2D eigenvalue weighted by molar-refractivity contribution is 9.10. The molecule has 0 fully saturated rings. The summed E-state index contributed by atoms with van der Waals surface area (Å²) in [5.74, 6) is 0.698. The highest BCUT2D eigenvalue weighted by Crippen LogP contribution is 2.21. The molecule has 3 rings (SSSR count). The molecule has 0 radical (unpaired) electrons. The van der Waals surface area contributed by atoms with Gasteiger partial charge < -0.3 is 0 Å². The van der Waals surface area contributed by atoms with E-state index in [1.165, 1.54) is 0 Å². The van der Waals surface area contributed by atoms with Crippen LogP contribution in [0.25, 0.3) is 17.2 Å². The first-order valence-electron chi connectivity index (χ1n) is 5.60. The number of aromatic amines is 1. The summed E-state index contributed by atoms with van der Waals surface area (Å²) in [4.78, 5) is 4.31. The van der Waals surface area contributed by atoms with Crippen LogP contribution >= 0.6 is 28.1 Å². The second-order valence-corrected chi connectivity index (χ2v) is 5.18. The van der Waals surface area contributed by atoms with Crippen LogP contribution in [-0.2, 0) is 0 Å². The molecule has 4 nitrogen and oxygen atoms in total. The van der Waals surface area contributed by atoms with Crippen molar-refractivity contribution in [3.8, 4) is 17.2 Å². The van der Waals surface area contributed by atoms with E-state index < -0.39 is 0 Å². The van der Waals surface area contributed by atoms with Gasteiger partial charge in [-0.25, -0.2) is 0 Å². The molecule has 19 heavy (non-hydrogen) atoms. The lowest BCUT2D eigenvalue weighted by molar-refractivity contribution is 1.03. The molecule has 0 aliphatic heterocycles. The zero-order valence-corrected chi connectivity index (χ0v) is 12.1. The number of H-pyrrole nitrogens is 1. The second kappa shape index (κ2) is 5.07. The standard InChI is InChI=1S/C13H9BrN4S/c14-9-4-3-5-10(8-9)18-12(16-17-13(18)19)11-6-1-2-7-15-11/h1-8H,(H,17,19). The Morgan fingerprint density at radius 3 is 2.79 bits per heavy atom. The minimum absolute atomic E-state index is 0.541. The fraction of sp³-hybridized carbons (Fsp3) is 0. The van der Waals surface area contributed by atoms with Gasteiger partial charge in [-0.1, -0.05) is 28.1 Å². The molecular weight excluding hydrogens is 324 g/mol. The normalized spacial score (nSPS) is 10.6. The number of aromatic nitrogens is 4. The number of benzene rings is 1. The molecule has 0 saturated heterocycles. The van der Waals surface area contributed by atoms with Gasteiger partial charge in [-0.3, -0.25) is 14.6 Å². The predicted molar refractivity (Wildman–Crippen MR) is 79.7 cm³/mol. The Hall–Kier alpha value is -1.79. The van der Waals surface area contributed by atoms with Crippen LogP contribution in [0.15, 0.2) is 53.1 Å². The van der Waals surface area contributed by atoms with Crippen LogP contribution in [0.5, 0.6) is 0 Å². The van der Waals surface area contributed by atoms with Crippen LogP contribution in [0.2, 0.25) is 0 Å². The van der Waals surface area contributed by atoms with E-state index in [1.807, 2.05) is 47.0 Å². The largest absolute Gasteiger partial charge is 0.267 e. The predicted octanol–water partition coefficient (Wildman–Crippen LogP) is 3.75. The molecule has 0 saturated carbocycles. The summed E-state index contributed by atoms with van der Waals surface area (Å²) < 4.78 is 3.39.